The van der Waals surface area contributed by atoms with Gasteiger partial charge < -0.3 is 20.3 Å². The third kappa shape index (κ3) is 6.42. The van der Waals surface area contributed by atoms with Gasteiger partial charge in [0.05, 0.1) is 12.6 Å². The van der Waals surface area contributed by atoms with Gasteiger partial charge in [-0.1, -0.05) is 13.8 Å². The van der Waals surface area contributed by atoms with E-state index < -0.39 is 57.1 Å². The lowest BCUT2D eigenvalue weighted by molar-refractivity contribution is -0.646. The number of halogens is 1. The average molecular weight is 561 g/mol. The van der Waals surface area contributed by atoms with Gasteiger partial charge in [-0.3, -0.25) is 14.4 Å². The predicted octanol–water partition coefficient (Wildman–Crippen LogP) is 1.89. The smallest absolute Gasteiger partial charge is 0.323 e. The van der Waals surface area contributed by atoms with Crippen LogP contribution in [0.5, 0.6) is 0 Å². The van der Waals surface area contributed by atoms with Gasteiger partial charge in [0.1, 0.15) is 17.4 Å². The maximum atomic E-state index is 13.5. The number of Topliss-reactive ketones (excluding diaryl/α,β-unsaturated/α-hetero) is 1. The molecule has 1 aromatic carbocycles. The summed E-state index contributed by atoms with van der Waals surface area (Å²) in [5.74, 6) is -2.39. The molecular weight excluding hydrogens is 531 g/mol. The highest BCUT2D eigenvalue weighted by atomic mass is 32.2. The van der Waals surface area contributed by atoms with Crippen LogP contribution < -0.4 is 15.4 Å². The first-order valence-electron chi connectivity index (χ1n) is 12.5. The summed E-state index contributed by atoms with van der Waals surface area (Å²) < 4.78 is 46.1. The highest BCUT2D eigenvalue weighted by Crippen LogP contribution is 2.21. The molecule has 2 aromatic heterocycles. The minimum Gasteiger partial charge on any atom is -0.618 e. The standard InChI is InChI=1S/C26H29FN4O7S/c1-16(2)12-20(29-26(34)23-14-17-13-18(27)8-9-22(17)38-23)25(33)28-19-6-5-10-30(15-21(19)32)39(36,37)24-7-3-4-11-31(24)35/h3-4,7-9,11,13-14,16,19-20H,5-6,10,12,15H2,1-2H3,(H,28,33)(H,29,34)/t19-,20+/m0/s1. The van der Waals surface area contributed by atoms with Crippen LogP contribution in [0.15, 0.2) is 58.1 Å². The molecule has 0 bridgehead atoms. The summed E-state index contributed by atoms with van der Waals surface area (Å²) in [6.07, 6.45) is 1.76. The zero-order chi connectivity index (χ0) is 28.3. The Labute approximate surface area is 224 Å². The van der Waals surface area contributed by atoms with Crippen LogP contribution in [-0.4, -0.2) is 55.5 Å². The lowest BCUT2D eigenvalue weighted by atomic mass is 10.0. The van der Waals surface area contributed by atoms with Crippen molar-refractivity contribution in [2.75, 3.05) is 13.1 Å². The van der Waals surface area contributed by atoms with Crippen LogP contribution in [0.3, 0.4) is 0 Å². The first-order chi connectivity index (χ1) is 18.5. The largest absolute Gasteiger partial charge is 0.618 e. The molecule has 1 fully saturated rings. The number of ketones is 1. The number of carbonyl (C=O) groups excluding carboxylic acids is 3. The Morgan fingerprint density at radius 2 is 2.00 bits per heavy atom. The summed E-state index contributed by atoms with van der Waals surface area (Å²) in [6, 6.07) is 7.18. The molecule has 13 heteroatoms. The van der Waals surface area contributed by atoms with Crippen molar-refractivity contribution in [3.63, 3.8) is 0 Å². The highest BCUT2D eigenvalue weighted by Gasteiger charge is 2.37. The van der Waals surface area contributed by atoms with Gasteiger partial charge in [0.25, 0.3) is 5.91 Å². The van der Waals surface area contributed by atoms with E-state index in [0.29, 0.717) is 11.0 Å². The van der Waals surface area contributed by atoms with Gasteiger partial charge in [0.15, 0.2) is 17.7 Å². The van der Waals surface area contributed by atoms with Crippen molar-refractivity contribution in [3.05, 3.63) is 65.4 Å². The Hall–Kier alpha value is -3.84. The minimum atomic E-state index is -4.23. The van der Waals surface area contributed by atoms with Crippen LogP contribution in [0.1, 0.15) is 43.7 Å². The molecule has 208 valence electrons. The molecular formula is C26H29FN4O7S. The van der Waals surface area contributed by atoms with Gasteiger partial charge in [-0.25, -0.2) is 12.8 Å². The highest BCUT2D eigenvalue weighted by molar-refractivity contribution is 7.89. The molecule has 1 aliphatic rings. The third-order valence-electron chi connectivity index (χ3n) is 6.36. The summed E-state index contributed by atoms with van der Waals surface area (Å²) in [5.41, 5.74) is 0.313. The van der Waals surface area contributed by atoms with Crippen molar-refractivity contribution in [2.45, 2.75) is 50.2 Å². The molecule has 0 aliphatic carbocycles. The van der Waals surface area contributed by atoms with Crippen LogP contribution >= 0.6 is 0 Å². The number of rotatable bonds is 8. The number of nitrogens with zero attached hydrogens (tertiary/aromatic N) is 2. The summed E-state index contributed by atoms with van der Waals surface area (Å²) in [5, 5.41) is 17.2. The second-order valence-corrected chi connectivity index (χ2v) is 11.7. The van der Waals surface area contributed by atoms with Gasteiger partial charge in [-0.05, 0) is 55.5 Å². The number of fused-ring (bicyclic) bond motifs is 1. The van der Waals surface area contributed by atoms with Gasteiger partial charge in [-0.2, -0.15) is 9.04 Å². The quantitative estimate of drug-likeness (QED) is 0.315. The molecule has 1 saturated heterocycles. The van der Waals surface area contributed by atoms with Crippen molar-refractivity contribution < 1.29 is 36.3 Å². The molecule has 0 unspecified atom stereocenters. The molecule has 39 heavy (non-hydrogen) atoms. The molecule has 2 amide bonds. The number of carbonyl (C=O) groups is 3. The number of furan rings is 1. The lowest BCUT2D eigenvalue weighted by Gasteiger charge is -2.23. The van der Waals surface area contributed by atoms with E-state index in [0.717, 1.165) is 16.6 Å². The molecule has 2 atom stereocenters. The van der Waals surface area contributed by atoms with Crippen molar-refractivity contribution in [1.82, 2.24) is 14.9 Å². The molecule has 11 nitrogen and oxygen atoms in total. The van der Waals surface area contributed by atoms with Crippen molar-refractivity contribution >= 4 is 38.6 Å². The van der Waals surface area contributed by atoms with Crippen LogP contribution in [0.25, 0.3) is 11.0 Å². The number of hydrogen-bond donors (Lipinski definition) is 2. The van der Waals surface area contributed by atoms with Gasteiger partial charge >= 0.3 is 15.0 Å². The number of nitrogens with one attached hydrogen (secondary N) is 2. The maximum absolute atomic E-state index is 13.5. The average Bonchev–Trinajstić information content (AvgIpc) is 3.20. The fraction of sp³-hybridized carbons (Fsp3) is 0.385. The fourth-order valence-electron chi connectivity index (χ4n) is 4.43. The predicted molar refractivity (Wildman–Crippen MR) is 137 cm³/mol. The molecule has 3 aromatic rings. The van der Waals surface area contributed by atoms with Crippen LogP contribution in [-0.2, 0) is 19.6 Å². The third-order valence-corrected chi connectivity index (χ3v) is 8.20. The molecule has 2 N–H and O–H groups in total. The fourth-order valence-corrected chi connectivity index (χ4v) is 5.90. The Balaban J connectivity index is 1.45. The number of benzene rings is 1. The number of hydrogen-bond acceptors (Lipinski definition) is 7. The molecule has 1 aliphatic heterocycles. The number of amides is 2. The van der Waals surface area contributed by atoms with E-state index in [1.807, 2.05) is 13.8 Å². The Morgan fingerprint density at radius 1 is 1.23 bits per heavy atom. The maximum Gasteiger partial charge on any atom is 0.323 e. The zero-order valence-corrected chi connectivity index (χ0v) is 22.2. The SMILES string of the molecule is CC(C)C[C@@H](NC(=O)c1cc2cc(F)ccc2o1)C(=O)N[C@H]1CCCN(S(=O)(=O)c2cccc[n+]2[O-])CC1=O. The van der Waals surface area contributed by atoms with Crippen molar-refractivity contribution in [3.8, 4) is 0 Å². The number of pyridine rings is 1. The van der Waals surface area contributed by atoms with Crippen LogP contribution in [0, 0.1) is 16.9 Å². The first kappa shape index (κ1) is 28.2. The van der Waals surface area contributed by atoms with Crippen molar-refractivity contribution in [2.24, 2.45) is 5.92 Å². The first-order valence-corrected chi connectivity index (χ1v) is 13.9. The molecule has 0 spiro atoms. The van der Waals surface area contributed by atoms with E-state index in [1.54, 1.807) is 0 Å². The van der Waals surface area contributed by atoms with Crippen LogP contribution in [0.4, 0.5) is 4.39 Å². The Bertz CT molecular complexity index is 1500. The second kappa shape index (κ2) is 11.5. The van der Waals surface area contributed by atoms with Crippen LogP contribution in [0.2, 0.25) is 0 Å². The van der Waals surface area contributed by atoms with E-state index in [-0.39, 0.29) is 42.2 Å². The summed E-state index contributed by atoms with van der Waals surface area (Å²) >= 11 is 0. The van der Waals surface area contributed by atoms with E-state index in [4.69, 9.17) is 4.42 Å². The van der Waals surface area contributed by atoms with Gasteiger partial charge in [0.2, 0.25) is 5.91 Å². The lowest BCUT2D eigenvalue weighted by Crippen LogP contribution is -2.52. The summed E-state index contributed by atoms with van der Waals surface area (Å²) in [4.78, 5) is 39.1. The van der Waals surface area contributed by atoms with Gasteiger partial charge in [0, 0.05) is 24.1 Å². The van der Waals surface area contributed by atoms with E-state index in [1.165, 1.54) is 36.4 Å². The Morgan fingerprint density at radius 3 is 2.72 bits per heavy atom. The molecule has 3 heterocycles. The van der Waals surface area contributed by atoms with Crippen molar-refractivity contribution in [1.29, 1.82) is 0 Å². The second-order valence-electron chi connectivity index (χ2n) is 9.82. The Kier molecular flexibility index (Phi) is 8.31. The van der Waals surface area contributed by atoms with E-state index in [9.17, 15) is 32.4 Å². The topological polar surface area (TPSA) is 153 Å². The zero-order valence-electron chi connectivity index (χ0n) is 21.4. The molecule has 0 radical (unpaired) electrons. The van der Waals surface area contributed by atoms with Gasteiger partial charge in [-0.15, -0.1) is 0 Å². The normalized spacial score (nSPS) is 17.6. The molecule has 4 rings (SSSR count). The number of sulfonamides is 1. The van der Waals surface area contributed by atoms with E-state index >= 15 is 0 Å². The number of aromatic nitrogens is 1. The van der Waals surface area contributed by atoms with E-state index in [2.05, 4.69) is 10.6 Å². The monoisotopic (exact) mass is 560 g/mol. The molecule has 0 saturated carbocycles. The summed E-state index contributed by atoms with van der Waals surface area (Å²) in [7, 11) is -4.23. The minimum absolute atomic E-state index is 0.000878. The summed E-state index contributed by atoms with van der Waals surface area (Å²) in [6.45, 7) is 3.21.